The van der Waals surface area contributed by atoms with E-state index in [2.05, 4.69) is 20.8 Å². The monoisotopic (exact) mass is 460 g/mol. The number of nitrogens with one attached hydrogen (secondary N) is 2. The first-order valence-electron chi connectivity index (χ1n) is 8.93. The Morgan fingerprint density at radius 3 is 2.58 bits per heavy atom. The number of benzene rings is 2. The molecule has 12 heteroatoms. The number of non-ortho nitro benzene ring substituents is 1. The molecule has 3 rings (SSSR count). The molecule has 0 fully saturated rings. The van der Waals surface area contributed by atoms with Crippen molar-refractivity contribution in [2.45, 2.75) is 11.6 Å². The lowest BCUT2D eigenvalue weighted by molar-refractivity contribution is -0.384. The SMILES string of the molecule is Cn1c(CC(=O)Nc2ccccc2)nnc1SCC(=O)Nc1cc([N+](=O)[O-])ccc1Cl. The summed E-state index contributed by atoms with van der Waals surface area (Å²) in [4.78, 5) is 34.7. The van der Waals surface area contributed by atoms with Crippen molar-refractivity contribution in [3.05, 3.63) is 69.5 Å². The third kappa shape index (κ3) is 6.03. The minimum Gasteiger partial charge on any atom is -0.326 e. The molecule has 31 heavy (non-hydrogen) atoms. The number of rotatable bonds is 8. The van der Waals surface area contributed by atoms with Gasteiger partial charge in [0.05, 0.1) is 27.8 Å². The Balaban J connectivity index is 1.56. The number of aromatic nitrogens is 3. The number of nitrogens with zero attached hydrogens (tertiary/aromatic N) is 4. The summed E-state index contributed by atoms with van der Waals surface area (Å²) < 4.78 is 1.63. The summed E-state index contributed by atoms with van der Waals surface area (Å²) in [6, 6.07) is 12.8. The number of para-hydroxylation sites is 1. The van der Waals surface area contributed by atoms with Crippen LogP contribution in [0.15, 0.2) is 53.7 Å². The van der Waals surface area contributed by atoms with E-state index >= 15 is 0 Å². The third-order valence-electron chi connectivity index (χ3n) is 4.07. The van der Waals surface area contributed by atoms with E-state index in [0.29, 0.717) is 16.7 Å². The van der Waals surface area contributed by atoms with E-state index in [4.69, 9.17) is 11.6 Å². The molecule has 160 valence electrons. The zero-order valence-electron chi connectivity index (χ0n) is 16.2. The summed E-state index contributed by atoms with van der Waals surface area (Å²) in [7, 11) is 1.70. The third-order valence-corrected chi connectivity index (χ3v) is 5.42. The van der Waals surface area contributed by atoms with Crippen LogP contribution in [0.1, 0.15) is 5.82 Å². The van der Waals surface area contributed by atoms with Crippen LogP contribution in [0.4, 0.5) is 17.1 Å². The highest BCUT2D eigenvalue weighted by molar-refractivity contribution is 7.99. The lowest BCUT2D eigenvalue weighted by Gasteiger charge is -2.07. The smallest absolute Gasteiger partial charge is 0.271 e. The molecule has 0 aliphatic carbocycles. The van der Waals surface area contributed by atoms with E-state index in [1.165, 1.54) is 18.2 Å². The fourth-order valence-electron chi connectivity index (χ4n) is 2.53. The molecule has 2 aromatic carbocycles. The topological polar surface area (TPSA) is 132 Å². The summed E-state index contributed by atoms with van der Waals surface area (Å²) in [5.74, 6) is -0.241. The molecule has 3 aromatic rings. The van der Waals surface area contributed by atoms with Crippen molar-refractivity contribution in [3.63, 3.8) is 0 Å². The van der Waals surface area contributed by atoms with Gasteiger partial charge in [-0.1, -0.05) is 41.6 Å². The fourth-order valence-corrected chi connectivity index (χ4v) is 3.43. The van der Waals surface area contributed by atoms with Crippen molar-refractivity contribution in [3.8, 4) is 0 Å². The molecule has 0 aliphatic rings. The van der Waals surface area contributed by atoms with Crippen LogP contribution in [-0.4, -0.2) is 37.3 Å². The summed E-state index contributed by atoms with van der Waals surface area (Å²) >= 11 is 7.10. The Hall–Kier alpha value is -3.44. The van der Waals surface area contributed by atoms with Crippen molar-refractivity contribution >= 4 is 52.2 Å². The Labute approximate surface area is 186 Å². The Morgan fingerprint density at radius 1 is 1.13 bits per heavy atom. The quantitative estimate of drug-likeness (QED) is 0.299. The molecular formula is C19H17ClN6O4S. The van der Waals surface area contributed by atoms with E-state index in [1.54, 1.807) is 23.7 Å². The second-order valence-electron chi connectivity index (χ2n) is 6.31. The predicted octanol–water partition coefficient (Wildman–Crippen LogP) is 3.29. The minimum absolute atomic E-state index is 0.0223. The van der Waals surface area contributed by atoms with Crippen LogP contribution < -0.4 is 10.6 Å². The van der Waals surface area contributed by atoms with Gasteiger partial charge in [0.2, 0.25) is 11.8 Å². The van der Waals surface area contributed by atoms with Crippen LogP contribution in [0.5, 0.6) is 0 Å². The molecule has 0 spiro atoms. The normalized spacial score (nSPS) is 10.5. The van der Waals surface area contributed by atoms with E-state index in [1.807, 2.05) is 18.2 Å². The maximum Gasteiger partial charge on any atom is 0.271 e. The molecule has 0 unspecified atom stereocenters. The molecule has 0 aliphatic heterocycles. The number of carbonyl (C=O) groups is 2. The molecule has 0 atom stereocenters. The van der Waals surface area contributed by atoms with E-state index in [9.17, 15) is 19.7 Å². The van der Waals surface area contributed by atoms with Gasteiger partial charge in [-0.3, -0.25) is 19.7 Å². The van der Waals surface area contributed by atoms with Gasteiger partial charge >= 0.3 is 0 Å². The summed E-state index contributed by atoms with van der Waals surface area (Å²) in [5, 5.41) is 24.8. The summed E-state index contributed by atoms with van der Waals surface area (Å²) in [5.41, 5.74) is 0.650. The number of hydrogen-bond acceptors (Lipinski definition) is 7. The molecule has 0 saturated heterocycles. The van der Waals surface area contributed by atoms with Crippen LogP contribution in [0.3, 0.4) is 0 Å². The molecule has 0 saturated carbocycles. The van der Waals surface area contributed by atoms with E-state index in [-0.39, 0.29) is 34.5 Å². The van der Waals surface area contributed by atoms with Crippen molar-refractivity contribution < 1.29 is 14.5 Å². The van der Waals surface area contributed by atoms with Gasteiger partial charge in [-0.2, -0.15) is 0 Å². The number of nitro benzene ring substituents is 1. The standard InChI is InChI=1S/C19H17ClN6O4S/c1-25-16(10-17(27)21-12-5-3-2-4-6-12)23-24-19(25)31-11-18(28)22-15-9-13(26(29)30)7-8-14(15)20/h2-9H,10-11H2,1H3,(H,21,27)(H,22,28). The van der Waals surface area contributed by atoms with Crippen LogP contribution >= 0.6 is 23.4 Å². The second kappa shape index (κ2) is 10.0. The molecular weight excluding hydrogens is 444 g/mol. The van der Waals surface area contributed by atoms with Gasteiger partial charge in [-0.25, -0.2) is 0 Å². The van der Waals surface area contributed by atoms with Crippen molar-refractivity contribution in [1.82, 2.24) is 14.8 Å². The van der Waals surface area contributed by atoms with Gasteiger partial charge in [0.1, 0.15) is 5.82 Å². The van der Waals surface area contributed by atoms with E-state index in [0.717, 1.165) is 11.8 Å². The highest BCUT2D eigenvalue weighted by Gasteiger charge is 2.16. The van der Waals surface area contributed by atoms with Crippen LogP contribution in [-0.2, 0) is 23.1 Å². The molecule has 1 heterocycles. The highest BCUT2D eigenvalue weighted by atomic mass is 35.5. The Morgan fingerprint density at radius 2 is 1.87 bits per heavy atom. The van der Waals surface area contributed by atoms with E-state index < -0.39 is 10.8 Å². The Kier molecular flexibility index (Phi) is 7.21. The van der Waals surface area contributed by atoms with Gasteiger partial charge in [-0.05, 0) is 18.2 Å². The molecule has 2 amide bonds. The number of thioether (sulfide) groups is 1. The molecule has 1 aromatic heterocycles. The zero-order valence-corrected chi connectivity index (χ0v) is 17.8. The second-order valence-corrected chi connectivity index (χ2v) is 7.66. The average Bonchev–Trinajstić information content (AvgIpc) is 3.08. The van der Waals surface area contributed by atoms with Gasteiger partial charge in [-0.15, -0.1) is 10.2 Å². The van der Waals surface area contributed by atoms with Gasteiger partial charge in [0.25, 0.3) is 5.69 Å². The number of amides is 2. The van der Waals surface area contributed by atoms with Crippen LogP contribution in [0.2, 0.25) is 5.02 Å². The first-order chi connectivity index (χ1) is 14.8. The molecule has 2 N–H and O–H groups in total. The first-order valence-corrected chi connectivity index (χ1v) is 10.3. The first kappa shape index (κ1) is 22.2. The summed E-state index contributed by atoms with van der Waals surface area (Å²) in [6.45, 7) is 0. The maximum absolute atomic E-state index is 12.2. The van der Waals surface area contributed by atoms with Gasteiger partial charge < -0.3 is 15.2 Å². The molecule has 10 nitrogen and oxygen atoms in total. The van der Waals surface area contributed by atoms with Gasteiger partial charge in [0, 0.05) is 24.9 Å². The number of nitro groups is 1. The van der Waals surface area contributed by atoms with Crippen LogP contribution in [0.25, 0.3) is 0 Å². The minimum atomic E-state index is -0.574. The maximum atomic E-state index is 12.2. The number of hydrogen-bond donors (Lipinski definition) is 2. The average molecular weight is 461 g/mol. The lowest BCUT2D eigenvalue weighted by Crippen LogP contribution is -2.17. The number of halogens is 1. The molecule has 0 bridgehead atoms. The van der Waals surface area contributed by atoms with Crippen molar-refractivity contribution in [2.75, 3.05) is 16.4 Å². The zero-order chi connectivity index (χ0) is 22.4. The molecule has 0 radical (unpaired) electrons. The highest BCUT2D eigenvalue weighted by Crippen LogP contribution is 2.27. The van der Waals surface area contributed by atoms with Crippen molar-refractivity contribution in [1.29, 1.82) is 0 Å². The van der Waals surface area contributed by atoms with Crippen molar-refractivity contribution in [2.24, 2.45) is 7.05 Å². The largest absolute Gasteiger partial charge is 0.326 e. The lowest BCUT2D eigenvalue weighted by atomic mass is 10.3. The van der Waals surface area contributed by atoms with Gasteiger partial charge in [0.15, 0.2) is 5.16 Å². The predicted molar refractivity (Wildman–Crippen MR) is 117 cm³/mol. The Bertz CT molecular complexity index is 1120. The summed E-state index contributed by atoms with van der Waals surface area (Å²) in [6.07, 6.45) is 0.0223. The number of anilines is 2. The van der Waals surface area contributed by atoms with Crippen LogP contribution in [0, 0.1) is 10.1 Å². The number of carbonyl (C=O) groups excluding carboxylic acids is 2. The fraction of sp³-hybridized carbons (Fsp3) is 0.158.